The summed E-state index contributed by atoms with van der Waals surface area (Å²) in [5.74, 6) is 0.0458. The van der Waals surface area contributed by atoms with E-state index < -0.39 is 0 Å². The monoisotopic (exact) mass is 269 g/mol. The van der Waals surface area contributed by atoms with Gasteiger partial charge in [0.2, 0.25) is 5.91 Å². The molecule has 1 rings (SSSR count). The van der Waals surface area contributed by atoms with E-state index in [9.17, 15) is 4.79 Å². The van der Waals surface area contributed by atoms with E-state index in [-0.39, 0.29) is 11.3 Å². The first-order valence-corrected chi connectivity index (χ1v) is 7.23. The van der Waals surface area contributed by atoms with Gasteiger partial charge < -0.3 is 10.6 Å². The van der Waals surface area contributed by atoms with E-state index in [0.717, 1.165) is 23.7 Å². The Morgan fingerprint density at radius 1 is 1.44 bits per heavy atom. The highest BCUT2D eigenvalue weighted by Gasteiger charge is 2.17. The van der Waals surface area contributed by atoms with Gasteiger partial charge >= 0.3 is 0 Å². The van der Waals surface area contributed by atoms with E-state index in [1.165, 1.54) is 0 Å². The molecule has 0 radical (unpaired) electrons. The lowest BCUT2D eigenvalue weighted by Gasteiger charge is -2.14. The maximum Gasteiger partial charge on any atom is 0.233 e. The Labute approximate surface area is 113 Å². The molecular weight excluding hydrogens is 246 g/mol. The zero-order valence-electron chi connectivity index (χ0n) is 11.7. The van der Waals surface area contributed by atoms with E-state index in [4.69, 9.17) is 0 Å². The first kappa shape index (κ1) is 15.1. The number of thiazole rings is 1. The molecule has 0 aliphatic rings. The SMILES string of the molecule is CCCNC(=O)CNCc1nc(C(C)(C)C)cs1. The van der Waals surface area contributed by atoms with Gasteiger partial charge in [0, 0.05) is 23.9 Å². The first-order valence-electron chi connectivity index (χ1n) is 6.35. The van der Waals surface area contributed by atoms with Gasteiger partial charge in [0.15, 0.2) is 0 Å². The molecule has 0 aromatic carbocycles. The minimum absolute atomic E-state index is 0.0458. The van der Waals surface area contributed by atoms with Gasteiger partial charge in [-0.15, -0.1) is 11.3 Å². The summed E-state index contributed by atoms with van der Waals surface area (Å²) in [7, 11) is 0. The second-order valence-corrected chi connectivity index (χ2v) is 6.27. The molecule has 4 nitrogen and oxygen atoms in total. The molecule has 0 saturated heterocycles. The van der Waals surface area contributed by atoms with E-state index in [2.05, 4.69) is 41.8 Å². The lowest BCUT2D eigenvalue weighted by Crippen LogP contribution is -2.33. The number of hydrogen-bond acceptors (Lipinski definition) is 4. The van der Waals surface area contributed by atoms with E-state index in [0.29, 0.717) is 13.1 Å². The maximum absolute atomic E-state index is 11.4. The molecule has 0 aliphatic heterocycles. The summed E-state index contributed by atoms with van der Waals surface area (Å²) in [5.41, 5.74) is 1.20. The Morgan fingerprint density at radius 2 is 2.17 bits per heavy atom. The third-order valence-electron chi connectivity index (χ3n) is 2.45. The van der Waals surface area contributed by atoms with Crippen LogP contribution in [0.25, 0.3) is 0 Å². The van der Waals surface area contributed by atoms with Crippen LogP contribution in [-0.4, -0.2) is 24.0 Å². The van der Waals surface area contributed by atoms with Gasteiger partial charge in [-0.05, 0) is 6.42 Å². The second kappa shape index (κ2) is 6.85. The number of hydrogen-bond donors (Lipinski definition) is 2. The summed E-state index contributed by atoms with van der Waals surface area (Å²) in [4.78, 5) is 15.9. The molecule has 0 saturated carbocycles. The Hall–Kier alpha value is -0.940. The molecule has 0 atom stereocenters. The number of nitrogens with zero attached hydrogens (tertiary/aromatic N) is 1. The standard InChI is InChI=1S/C13H23N3OS/c1-5-6-15-11(17)7-14-8-12-16-10(9-18-12)13(2,3)4/h9,14H,5-8H2,1-4H3,(H,15,17). The summed E-state index contributed by atoms with van der Waals surface area (Å²) < 4.78 is 0. The van der Waals surface area contributed by atoms with Crippen LogP contribution in [0, 0.1) is 0 Å². The topological polar surface area (TPSA) is 54.0 Å². The van der Waals surface area contributed by atoms with E-state index in [1.54, 1.807) is 11.3 Å². The Balaban J connectivity index is 2.32. The van der Waals surface area contributed by atoms with Crippen molar-refractivity contribution in [3.8, 4) is 0 Å². The number of aromatic nitrogens is 1. The lowest BCUT2D eigenvalue weighted by atomic mass is 9.93. The minimum Gasteiger partial charge on any atom is -0.355 e. The van der Waals surface area contributed by atoms with Gasteiger partial charge in [-0.2, -0.15) is 0 Å². The maximum atomic E-state index is 11.4. The summed E-state index contributed by atoms with van der Waals surface area (Å²) in [5, 5.41) is 9.06. The van der Waals surface area contributed by atoms with Crippen LogP contribution in [0.3, 0.4) is 0 Å². The summed E-state index contributed by atoms with van der Waals surface area (Å²) in [6.07, 6.45) is 0.965. The molecule has 0 spiro atoms. The van der Waals surface area contributed by atoms with Crippen molar-refractivity contribution in [2.24, 2.45) is 0 Å². The highest BCUT2D eigenvalue weighted by atomic mass is 32.1. The molecule has 1 amide bonds. The second-order valence-electron chi connectivity index (χ2n) is 5.33. The molecule has 1 heterocycles. The van der Waals surface area contributed by atoms with Crippen LogP contribution >= 0.6 is 11.3 Å². The molecule has 0 fully saturated rings. The molecule has 5 heteroatoms. The normalized spacial score (nSPS) is 11.6. The van der Waals surface area contributed by atoms with Crippen molar-refractivity contribution in [1.29, 1.82) is 0 Å². The van der Waals surface area contributed by atoms with Gasteiger partial charge in [-0.3, -0.25) is 4.79 Å². The lowest BCUT2D eigenvalue weighted by molar-refractivity contribution is -0.120. The van der Waals surface area contributed by atoms with Crippen LogP contribution in [0.4, 0.5) is 0 Å². The van der Waals surface area contributed by atoms with E-state index >= 15 is 0 Å². The molecule has 18 heavy (non-hydrogen) atoms. The van der Waals surface area contributed by atoms with Crippen molar-refractivity contribution < 1.29 is 4.79 Å². The summed E-state index contributed by atoms with van der Waals surface area (Å²) >= 11 is 1.64. The van der Waals surface area contributed by atoms with Gasteiger partial charge in [0.05, 0.1) is 12.2 Å². The Kier molecular flexibility index (Phi) is 5.75. The van der Waals surface area contributed by atoms with Crippen molar-refractivity contribution in [1.82, 2.24) is 15.6 Å². The van der Waals surface area contributed by atoms with Crippen molar-refractivity contribution in [3.63, 3.8) is 0 Å². The number of carbonyl (C=O) groups excluding carboxylic acids is 1. The third kappa shape index (κ3) is 5.14. The van der Waals surface area contributed by atoms with Crippen LogP contribution in [0.5, 0.6) is 0 Å². The zero-order chi connectivity index (χ0) is 13.6. The predicted molar refractivity (Wildman–Crippen MR) is 75.8 cm³/mol. The van der Waals surface area contributed by atoms with Crippen molar-refractivity contribution in [3.05, 3.63) is 16.1 Å². The van der Waals surface area contributed by atoms with Gasteiger partial charge in [-0.25, -0.2) is 4.98 Å². The number of rotatable bonds is 6. The van der Waals surface area contributed by atoms with Crippen molar-refractivity contribution in [2.45, 2.75) is 46.1 Å². The highest BCUT2D eigenvalue weighted by Crippen LogP contribution is 2.23. The average Bonchev–Trinajstić information content (AvgIpc) is 2.74. The molecular formula is C13H23N3OS. The Bertz CT molecular complexity index is 382. The molecule has 1 aromatic heterocycles. The van der Waals surface area contributed by atoms with Gasteiger partial charge in [0.25, 0.3) is 0 Å². The first-order chi connectivity index (χ1) is 8.43. The molecule has 102 valence electrons. The van der Waals surface area contributed by atoms with Gasteiger partial charge in [-0.1, -0.05) is 27.7 Å². The minimum atomic E-state index is 0.0458. The van der Waals surface area contributed by atoms with Crippen molar-refractivity contribution >= 4 is 17.2 Å². The molecule has 2 N–H and O–H groups in total. The molecule has 0 aliphatic carbocycles. The summed E-state index contributed by atoms with van der Waals surface area (Å²) in [6, 6.07) is 0. The van der Waals surface area contributed by atoms with Crippen molar-refractivity contribution in [2.75, 3.05) is 13.1 Å². The fraction of sp³-hybridized carbons (Fsp3) is 0.692. The van der Waals surface area contributed by atoms with Crippen LogP contribution < -0.4 is 10.6 Å². The molecule has 0 bridgehead atoms. The number of nitrogens with one attached hydrogen (secondary N) is 2. The zero-order valence-corrected chi connectivity index (χ0v) is 12.5. The number of amides is 1. The smallest absolute Gasteiger partial charge is 0.233 e. The Morgan fingerprint density at radius 3 is 2.72 bits per heavy atom. The quantitative estimate of drug-likeness (QED) is 0.831. The average molecular weight is 269 g/mol. The van der Waals surface area contributed by atoms with Crippen LogP contribution in [0.1, 0.15) is 44.8 Å². The molecule has 0 unspecified atom stereocenters. The third-order valence-corrected chi connectivity index (χ3v) is 3.30. The fourth-order valence-corrected chi connectivity index (χ4v) is 2.34. The fourth-order valence-electron chi connectivity index (χ4n) is 1.35. The van der Waals surface area contributed by atoms with Crippen LogP contribution in [-0.2, 0) is 16.8 Å². The largest absolute Gasteiger partial charge is 0.355 e. The van der Waals surface area contributed by atoms with E-state index in [1.807, 2.05) is 6.92 Å². The number of carbonyl (C=O) groups is 1. The highest BCUT2D eigenvalue weighted by molar-refractivity contribution is 7.09. The van der Waals surface area contributed by atoms with Gasteiger partial charge in [0.1, 0.15) is 5.01 Å². The predicted octanol–water partition coefficient (Wildman–Crippen LogP) is 2.06. The van der Waals surface area contributed by atoms with Crippen LogP contribution in [0.2, 0.25) is 0 Å². The molecule has 1 aromatic rings. The summed E-state index contributed by atoms with van der Waals surface area (Å²) in [6.45, 7) is 10.2. The van der Waals surface area contributed by atoms with Crippen LogP contribution in [0.15, 0.2) is 5.38 Å².